The average molecular weight is 482 g/mol. The van der Waals surface area contributed by atoms with Crippen LogP contribution in [-0.4, -0.2) is 30.5 Å². The second kappa shape index (κ2) is 8.06. The van der Waals surface area contributed by atoms with Crippen LogP contribution in [0.25, 0.3) is 11.3 Å². The van der Waals surface area contributed by atoms with Crippen molar-refractivity contribution in [1.29, 1.82) is 0 Å². The number of nitrogens with zero attached hydrogens (tertiary/aromatic N) is 3. The molecule has 9 heteroatoms. The van der Waals surface area contributed by atoms with E-state index in [1.165, 1.54) is 25.6 Å². The number of rotatable bonds is 6. The van der Waals surface area contributed by atoms with E-state index in [1.54, 1.807) is 12.3 Å². The third kappa shape index (κ3) is 4.17. The zero-order valence-corrected chi connectivity index (χ0v) is 16.7. The first-order valence-corrected chi connectivity index (χ1v) is 10.1. The van der Waals surface area contributed by atoms with E-state index >= 15 is 0 Å². The van der Waals surface area contributed by atoms with Crippen molar-refractivity contribution in [3.63, 3.8) is 0 Å². The number of pyridine rings is 1. The third-order valence-corrected chi connectivity index (χ3v) is 5.55. The Morgan fingerprint density at radius 2 is 1.77 bits per heavy atom. The van der Waals surface area contributed by atoms with Gasteiger partial charge >= 0.3 is 0 Å². The molecule has 0 aliphatic rings. The van der Waals surface area contributed by atoms with Gasteiger partial charge in [-0.05, 0) is 46.9 Å². The van der Waals surface area contributed by atoms with Gasteiger partial charge in [-0.3, -0.25) is 14.7 Å². The van der Waals surface area contributed by atoms with Crippen LogP contribution in [-0.2, 0) is 21.4 Å². The summed E-state index contributed by atoms with van der Waals surface area (Å²) < 4.78 is 34.5. The zero-order chi connectivity index (χ0) is 18.6. The van der Waals surface area contributed by atoms with E-state index in [0.29, 0.717) is 17.0 Å². The van der Waals surface area contributed by atoms with Crippen molar-refractivity contribution in [1.82, 2.24) is 15.0 Å². The average Bonchev–Trinajstić information content (AvgIpc) is 2.64. The van der Waals surface area contributed by atoms with Crippen LogP contribution in [0.1, 0.15) is 5.69 Å². The Balaban J connectivity index is 2.02. The Morgan fingerprint density at radius 1 is 1.04 bits per heavy atom. The summed E-state index contributed by atoms with van der Waals surface area (Å²) in [5.74, 6) is 0.131. The number of hydrogen-bond acceptors (Lipinski definition) is 6. The van der Waals surface area contributed by atoms with Crippen molar-refractivity contribution in [2.45, 2.75) is 11.5 Å². The fourth-order valence-electron chi connectivity index (χ4n) is 2.31. The standard InChI is InChI=1S/C17H15IN4O3S/c1-25-11-14-17(21-10-9-19-14)22-26(23,24)15-3-2-8-20-16(15)12-4-6-13(18)7-5-12/h2-10H,11H2,1H3,(H,21,22). The van der Waals surface area contributed by atoms with Crippen molar-refractivity contribution >= 4 is 38.4 Å². The number of ether oxygens (including phenoxy) is 1. The molecule has 0 aliphatic heterocycles. The van der Waals surface area contributed by atoms with Crippen molar-refractivity contribution < 1.29 is 13.2 Å². The maximum atomic E-state index is 13.0. The van der Waals surface area contributed by atoms with Crippen LogP contribution in [0.2, 0.25) is 0 Å². The Hall–Kier alpha value is -2.11. The minimum absolute atomic E-state index is 0.0650. The molecule has 2 heterocycles. The Labute approximate surface area is 165 Å². The van der Waals surface area contributed by atoms with Crippen LogP contribution >= 0.6 is 22.6 Å². The van der Waals surface area contributed by atoms with E-state index < -0.39 is 10.0 Å². The zero-order valence-electron chi connectivity index (χ0n) is 13.8. The highest BCUT2D eigenvalue weighted by Gasteiger charge is 2.22. The van der Waals surface area contributed by atoms with Crippen molar-refractivity contribution in [3.8, 4) is 11.3 Å². The molecule has 1 aromatic carbocycles. The van der Waals surface area contributed by atoms with E-state index in [0.717, 1.165) is 3.57 Å². The molecular weight excluding hydrogens is 467 g/mol. The van der Waals surface area contributed by atoms with Gasteiger partial charge in [0.15, 0.2) is 5.82 Å². The van der Waals surface area contributed by atoms with Gasteiger partial charge < -0.3 is 4.74 Å². The molecule has 1 N–H and O–H groups in total. The molecule has 0 unspecified atom stereocenters. The second-order valence-corrected chi connectivity index (χ2v) is 8.14. The second-order valence-electron chi connectivity index (χ2n) is 5.25. The smallest absolute Gasteiger partial charge is 0.265 e. The molecule has 3 rings (SSSR count). The maximum Gasteiger partial charge on any atom is 0.265 e. The van der Waals surface area contributed by atoms with Crippen molar-refractivity contribution in [2.24, 2.45) is 0 Å². The normalized spacial score (nSPS) is 11.3. The van der Waals surface area contributed by atoms with Gasteiger partial charge in [0.05, 0.1) is 12.3 Å². The van der Waals surface area contributed by atoms with Crippen LogP contribution in [0.4, 0.5) is 5.82 Å². The molecule has 0 spiro atoms. The van der Waals surface area contributed by atoms with Crippen molar-refractivity contribution in [3.05, 3.63) is 64.3 Å². The Morgan fingerprint density at radius 3 is 2.50 bits per heavy atom. The SMILES string of the molecule is COCc1nccnc1NS(=O)(=O)c1cccnc1-c1ccc(I)cc1. The minimum Gasteiger partial charge on any atom is -0.378 e. The van der Waals surface area contributed by atoms with Gasteiger partial charge in [0.2, 0.25) is 0 Å². The summed E-state index contributed by atoms with van der Waals surface area (Å²) in [5.41, 5.74) is 1.48. The molecule has 134 valence electrons. The van der Waals surface area contributed by atoms with E-state index in [9.17, 15) is 8.42 Å². The number of methoxy groups -OCH3 is 1. The molecule has 0 atom stereocenters. The van der Waals surface area contributed by atoms with Gasteiger partial charge in [-0.1, -0.05) is 12.1 Å². The largest absolute Gasteiger partial charge is 0.378 e. The predicted octanol–water partition coefficient (Wildman–Crippen LogP) is 3.09. The highest BCUT2D eigenvalue weighted by atomic mass is 127. The molecule has 0 bridgehead atoms. The summed E-state index contributed by atoms with van der Waals surface area (Å²) in [6, 6.07) is 10.6. The van der Waals surface area contributed by atoms with Gasteiger partial charge in [-0.25, -0.2) is 13.4 Å². The van der Waals surface area contributed by atoms with Gasteiger partial charge in [0.25, 0.3) is 10.0 Å². The maximum absolute atomic E-state index is 13.0. The van der Waals surface area contributed by atoms with Gasteiger partial charge in [-0.15, -0.1) is 0 Å². The van der Waals surface area contributed by atoms with Crippen LogP contribution < -0.4 is 4.72 Å². The summed E-state index contributed by atoms with van der Waals surface area (Å²) in [5, 5.41) is 0. The summed E-state index contributed by atoms with van der Waals surface area (Å²) in [7, 11) is -2.41. The molecule has 2 aromatic heterocycles. The van der Waals surface area contributed by atoms with Crippen LogP contribution in [0.5, 0.6) is 0 Å². The minimum atomic E-state index is -3.92. The van der Waals surface area contributed by atoms with Crippen LogP contribution in [0.3, 0.4) is 0 Å². The van der Waals surface area contributed by atoms with E-state index in [2.05, 4.69) is 42.3 Å². The first kappa shape index (κ1) is 18.7. The summed E-state index contributed by atoms with van der Waals surface area (Å²) in [6.45, 7) is 0.142. The number of hydrogen-bond donors (Lipinski definition) is 1. The van der Waals surface area contributed by atoms with Gasteiger partial charge in [0.1, 0.15) is 10.6 Å². The molecule has 3 aromatic rings. The number of anilines is 1. The lowest BCUT2D eigenvalue weighted by molar-refractivity contribution is 0.182. The first-order chi connectivity index (χ1) is 12.5. The topological polar surface area (TPSA) is 94.1 Å². The summed E-state index contributed by atoms with van der Waals surface area (Å²) in [6.07, 6.45) is 4.46. The quantitative estimate of drug-likeness (QED) is 0.543. The first-order valence-electron chi connectivity index (χ1n) is 7.54. The van der Waals surface area contributed by atoms with Gasteiger partial charge in [-0.2, -0.15) is 0 Å². The highest BCUT2D eigenvalue weighted by molar-refractivity contribution is 14.1. The van der Waals surface area contributed by atoms with Crippen LogP contribution in [0.15, 0.2) is 59.9 Å². The monoisotopic (exact) mass is 482 g/mol. The molecule has 0 aliphatic carbocycles. The fraction of sp³-hybridized carbons (Fsp3) is 0.118. The molecular formula is C17H15IN4O3S. The summed E-state index contributed by atoms with van der Waals surface area (Å²) >= 11 is 2.19. The summed E-state index contributed by atoms with van der Waals surface area (Å²) in [4.78, 5) is 12.5. The molecule has 7 nitrogen and oxygen atoms in total. The lowest BCUT2D eigenvalue weighted by Crippen LogP contribution is -2.17. The third-order valence-electron chi connectivity index (χ3n) is 3.46. The number of aromatic nitrogens is 3. The highest BCUT2D eigenvalue weighted by Crippen LogP contribution is 2.27. The Bertz CT molecular complexity index is 1010. The van der Waals surface area contributed by atoms with Gasteiger partial charge in [0, 0.05) is 34.8 Å². The Kier molecular flexibility index (Phi) is 5.79. The number of benzene rings is 1. The number of nitrogens with one attached hydrogen (secondary N) is 1. The predicted molar refractivity (Wildman–Crippen MR) is 106 cm³/mol. The number of halogens is 1. The molecule has 0 fully saturated rings. The van der Waals surface area contributed by atoms with Crippen LogP contribution in [0, 0.1) is 3.57 Å². The molecule has 0 saturated carbocycles. The van der Waals surface area contributed by atoms with E-state index in [1.807, 2.05) is 24.3 Å². The fourth-order valence-corrected chi connectivity index (χ4v) is 3.89. The molecule has 0 radical (unpaired) electrons. The van der Waals surface area contributed by atoms with E-state index in [-0.39, 0.29) is 17.3 Å². The van der Waals surface area contributed by atoms with Crippen molar-refractivity contribution in [2.75, 3.05) is 11.8 Å². The molecule has 26 heavy (non-hydrogen) atoms. The lowest BCUT2D eigenvalue weighted by atomic mass is 10.1. The molecule has 0 amide bonds. The lowest BCUT2D eigenvalue weighted by Gasteiger charge is -2.13. The van der Waals surface area contributed by atoms with E-state index in [4.69, 9.17) is 4.74 Å². The number of sulfonamides is 1. The molecule has 0 saturated heterocycles.